The summed E-state index contributed by atoms with van der Waals surface area (Å²) in [5, 5.41) is 4.04. The highest BCUT2D eigenvalue weighted by Gasteiger charge is 2.28. The number of rotatable bonds is 5. The van der Waals surface area contributed by atoms with Crippen LogP contribution in [0.1, 0.15) is 36.6 Å². The van der Waals surface area contributed by atoms with E-state index in [1.807, 2.05) is 23.1 Å². The lowest BCUT2D eigenvalue weighted by Crippen LogP contribution is -2.38. The SMILES string of the molecule is O=C(CCN1CCCC(c2nc(-c3cccc(F)c3)no2)C1)N1CCc2ccccc21. The zero-order valence-corrected chi connectivity index (χ0v) is 17.3. The molecule has 0 bridgehead atoms. The lowest BCUT2D eigenvalue weighted by atomic mass is 9.98. The number of carbonyl (C=O) groups excluding carboxylic acids is 1. The number of para-hydroxylation sites is 1. The van der Waals surface area contributed by atoms with Gasteiger partial charge < -0.3 is 14.3 Å². The van der Waals surface area contributed by atoms with Crippen LogP contribution in [0.2, 0.25) is 0 Å². The second kappa shape index (κ2) is 8.59. The van der Waals surface area contributed by atoms with Crippen LogP contribution in [0.5, 0.6) is 0 Å². The Labute approximate surface area is 180 Å². The Morgan fingerprint density at radius 1 is 1.16 bits per heavy atom. The highest BCUT2D eigenvalue weighted by Crippen LogP contribution is 2.30. The molecule has 1 saturated heterocycles. The lowest BCUT2D eigenvalue weighted by molar-refractivity contribution is -0.118. The highest BCUT2D eigenvalue weighted by molar-refractivity contribution is 5.95. The maximum atomic E-state index is 13.5. The molecule has 1 amide bonds. The first-order valence-electron chi connectivity index (χ1n) is 10.9. The van der Waals surface area contributed by atoms with Gasteiger partial charge in [-0.1, -0.05) is 35.5 Å². The number of hydrogen-bond acceptors (Lipinski definition) is 5. The summed E-state index contributed by atoms with van der Waals surface area (Å²) in [5.41, 5.74) is 2.92. The van der Waals surface area contributed by atoms with Gasteiger partial charge in [0, 0.05) is 37.3 Å². The Morgan fingerprint density at radius 2 is 2.06 bits per heavy atom. The van der Waals surface area contributed by atoms with Crippen LogP contribution in [0, 0.1) is 5.82 Å². The van der Waals surface area contributed by atoms with E-state index in [2.05, 4.69) is 21.1 Å². The van der Waals surface area contributed by atoms with Crippen molar-refractivity contribution < 1.29 is 13.7 Å². The number of fused-ring (bicyclic) bond motifs is 1. The minimum absolute atomic E-state index is 0.131. The van der Waals surface area contributed by atoms with E-state index in [1.165, 1.54) is 17.7 Å². The van der Waals surface area contributed by atoms with E-state index in [9.17, 15) is 9.18 Å². The van der Waals surface area contributed by atoms with E-state index in [0.717, 1.165) is 51.1 Å². The lowest BCUT2D eigenvalue weighted by Gasteiger charge is -2.31. The number of carbonyl (C=O) groups is 1. The Bertz CT molecular complexity index is 1080. The van der Waals surface area contributed by atoms with Gasteiger partial charge in [0.05, 0.1) is 5.92 Å². The number of anilines is 1. The van der Waals surface area contributed by atoms with Crippen LogP contribution in [0.4, 0.5) is 10.1 Å². The summed E-state index contributed by atoms with van der Waals surface area (Å²) in [6.45, 7) is 3.24. The van der Waals surface area contributed by atoms with Gasteiger partial charge in [0.25, 0.3) is 0 Å². The molecule has 7 heteroatoms. The highest BCUT2D eigenvalue weighted by atomic mass is 19.1. The summed E-state index contributed by atoms with van der Waals surface area (Å²) in [6.07, 6.45) is 3.41. The maximum Gasteiger partial charge on any atom is 0.231 e. The molecule has 2 aliphatic rings. The predicted molar refractivity (Wildman–Crippen MR) is 115 cm³/mol. The number of nitrogens with zero attached hydrogens (tertiary/aromatic N) is 4. The molecule has 0 spiro atoms. The Kier molecular flexibility index (Phi) is 5.51. The van der Waals surface area contributed by atoms with Crippen LogP contribution in [-0.4, -0.2) is 47.1 Å². The van der Waals surface area contributed by atoms with Gasteiger partial charge in [-0.05, 0) is 49.6 Å². The Balaban J connectivity index is 1.19. The topological polar surface area (TPSA) is 62.5 Å². The molecule has 1 fully saturated rings. The number of benzene rings is 2. The standard InChI is InChI=1S/C24H25FN4O2/c25-20-8-3-6-18(15-20)23-26-24(31-27-23)19-7-4-12-28(16-19)13-11-22(30)29-14-10-17-5-1-2-9-21(17)29/h1-3,5-6,8-9,15,19H,4,7,10-14,16H2. The van der Waals surface area contributed by atoms with Crippen LogP contribution < -0.4 is 4.90 Å². The minimum atomic E-state index is -0.321. The monoisotopic (exact) mass is 420 g/mol. The number of piperidine rings is 1. The first-order chi connectivity index (χ1) is 15.2. The van der Waals surface area contributed by atoms with Gasteiger partial charge in [-0.15, -0.1) is 0 Å². The third-order valence-electron chi connectivity index (χ3n) is 6.21. The smallest absolute Gasteiger partial charge is 0.231 e. The van der Waals surface area contributed by atoms with Crippen molar-refractivity contribution >= 4 is 11.6 Å². The molecule has 3 aromatic rings. The normalized spacial score (nSPS) is 18.9. The summed E-state index contributed by atoms with van der Waals surface area (Å²) in [4.78, 5) is 21.6. The van der Waals surface area contributed by atoms with E-state index in [-0.39, 0.29) is 17.6 Å². The summed E-state index contributed by atoms with van der Waals surface area (Å²) < 4.78 is 19.0. The van der Waals surface area contributed by atoms with E-state index in [4.69, 9.17) is 4.52 Å². The largest absolute Gasteiger partial charge is 0.339 e. The van der Waals surface area contributed by atoms with Crippen molar-refractivity contribution in [2.24, 2.45) is 0 Å². The zero-order chi connectivity index (χ0) is 21.2. The average molecular weight is 420 g/mol. The molecule has 0 saturated carbocycles. The second-order valence-electron chi connectivity index (χ2n) is 8.28. The van der Waals surface area contributed by atoms with Crippen LogP contribution >= 0.6 is 0 Å². The average Bonchev–Trinajstić information content (AvgIpc) is 3.45. The van der Waals surface area contributed by atoms with Crippen LogP contribution in [0.25, 0.3) is 11.4 Å². The van der Waals surface area contributed by atoms with Crippen LogP contribution in [0.15, 0.2) is 53.1 Å². The molecule has 3 heterocycles. The summed E-state index contributed by atoms with van der Waals surface area (Å²) >= 11 is 0. The first-order valence-corrected chi connectivity index (χ1v) is 10.9. The molecule has 160 valence electrons. The van der Waals surface area contributed by atoms with E-state index in [1.54, 1.807) is 12.1 Å². The third kappa shape index (κ3) is 4.23. The third-order valence-corrected chi connectivity index (χ3v) is 6.21. The van der Waals surface area contributed by atoms with Crippen molar-refractivity contribution in [1.29, 1.82) is 0 Å². The summed E-state index contributed by atoms with van der Waals surface area (Å²) in [7, 11) is 0. The van der Waals surface area contributed by atoms with E-state index in [0.29, 0.717) is 23.7 Å². The predicted octanol–water partition coefficient (Wildman–Crippen LogP) is 4.03. The van der Waals surface area contributed by atoms with Crippen LogP contribution in [0.3, 0.4) is 0 Å². The van der Waals surface area contributed by atoms with Crippen molar-refractivity contribution in [2.75, 3.05) is 31.1 Å². The first kappa shape index (κ1) is 19.9. The molecular formula is C24H25FN4O2. The number of amides is 1. The Morgan fingerprint density at radius 3 is 2.97 bits per heavy atom. The van der Waals surface area contributed by atoms with Gasteiger partial charge in [-0.2, -0.15) is 4.98 Å². The van der Waals surface area contributed by atoms with Gasteiger partial charge >= 0.3 is 0 Å². The number of likely N-dealkylation sites (tertiary alicyclic amines) is 1. The van der Waals surface area contributed by atoms with Gasteiger partial charge in [-0.3, -0.25) is 4.79 Å². The minimum Gasteiger partial charge on any atom is -0.339 e. The molecular weight excluding hydrogens is 395 g/mol. The van der Waals surface area contributed by atoms with Crippen molar-refractivity contribution in [2.45, 2.75) is 31.6 Å². The molecule has 0 radical (unpaired) electrons. The molecule has 2 aliphatic heterocycles. The molecule has 1 atom stereocenters. The maximum absolute atomic E-state index is 13.5. The van der Waals surface area contributed by atoms with E-state index < -0.39 is 0 Å². The number of aromatic nitrogens is 2. The fourth-order valence-electron chi connectivity index (χ4n) is 4.59. The molecule has 0 N–H and O–H groups in total. The quantitative estimate of drug-likeness (QED) is 0.624. The van der Waals surface area contributed by atoms with Crippen molar-refractivity contribution in [3.8, 4) is 11.4 Å². The van der Waals surface area contributed by atoms with E-state index >= 15 is 0 Å². The fourth-order valence-corrected chi connectivity index (χ4v) is 4.59. The summed E-state index contributed by atoms with van der Waals surface area (Å²) in [6, 6.07) is 14.4. The molecule has 6 nitrogen and oxygen atoms in total. The molecule has 31 heavy (non-hydrogen) atoms. The van der Waals surface area contributed by atoms with Gasteiger partial charge in [-0.25, -0.2) is 4.39 Å². The molecule has 1 aromatic heterocycles. The molecule has 0 aliphatic carbocycles. The second-order valence-corrected chi connectivity index (χ2v) is 8.28. The Hall–Kier alpha value is -3.06. The van der Waals surface area contributed by atoms with Crippen molar-refractivity contribution in [1.82, 2.24) is 15.0 Å². The van der Waals surface area contributed by atoms with Gasteiger partial charge in [0.1, 0.15) is 5.82 Å². The van der Waals surface area contributed by atoms with Crippen LogP contribution in [-0.2, 0) is 11.2 Å². The summed E-state index contributed by atoms with van der Waals surface area (Å²) in [5.74, 6) is 0.987. The van der Waals surface area contributed by atoms with Gasteiger partial charge in [0.15, 0.2) is 0 Å². The van der Waals surface area contributed by atoms with Crippen molar-refractivity contribution in [3.05, 3.63) is 65.8 Å². The molecule has 1 unspecified atom stereocenters. The molecule has 5 rings (SSSR count). The number of hydrogen-bond donors (Lipinski definition) is 0. The fraction of sp³-hybridized carbons (Fsp3) is 0.375. The van der Waals surface area contributed by atoms with Gasteiger partial charge in [0.2, 0.25) is 17.6 Å². The number of halogens is 1. The molecule has 2 aromatic carbocycles. The van der Waals surface area contributed by atoms with Crippen molar-refractivity contribution in [3.63, 3.8) is 0 Å². The zero-order valence-electron chi connectivity index (χ0n) is 17.3.